The van der Waals surface area contributed by atoms with Crippen LogP contribution in [0.2, 0.25) is 0 Å². The number of non-ortho nitro benzene ring substituents is 1. The third-order valence-electron chi connectivity index (χ3n) is 4.79. The molecule has 0 aliphatic rings. The van der Waals surface area contributed by atoms with Gasteiger partial charge >= 0.3 is 0 Å². The minimum Gasteiger partial charge on any atom is -0.488 e. The Morgan fingerprint density at radius 2 is 1.68 bits per heavy atom. The molecular weight excluding hydrogens is 406 g/mol. The lowest BCUT2D eigenvalue weighted by atomic mass is 10.0. The molecule has 0 fully saturated rings. The molecule has 0 bridgehead atoms. The van der Waals surface area contributed by atoms with E-state index in [0.717, 1.165) is 6.42 Å². The Morgan fingerprint density at radius 3 is 2.32 bits per heavy atom. The minimum absolute atomic E-state index is 0.0751. The maximum Gasteiger partial charge on any atom is 0.271 e. The van der Waals surface area contributed by atoms with Crippen molar-refractivity contribution in [2.75, 3.05) is 6.61 Å². The Bertz CT molecular complexity index is 1230. The molecule has 3 aromatic carbocycles. The van der Waals surface area contributed by atoms with Crippen molar-refractivity contribution in [3.05, 3.63) is 76.3 Å². The zero-order chi connectivity index (χ0) is 22.0. The standard InChI is InChI=1S/C23H18F2N2O4/c1-2-3-10-30-22-18(24)11-16(12-19(22)25)14-4-6-15(7-5-14)23-26-20-13-17(27(28)29)8-9-21(20)31-23/h4-9,11-13H,2-3,10H2,1H3. The summed E-state index contributed by atoms with van der Waals surface area (Å²) < 4.78 is 39.6. The fraction of sp³-hybridized carbons (Fsp3) is 0.174. The normalized spacial score (nSPS) is 11.1. The van der Waals surface area contributed by atoms with Crippen LogP contribution in [0, 0.1) is 21.7 Å². The predicted octanol–water partition coefficient (Wildman–Crippen LogP) is 6.53. The first-order valence-corrected chi connectivity index (χ1v) is 9.74. The van der Waals surface area contributed by atoms with E-state index < -0.39 is 16.6 Å². The van der Waals surface area contributed by atoms with E-state index in [9.17, 15) is 18.9 Å². The fourth-order valence-corrected chi connectivity index (χ4v) is 3.14. The van der Waals surface area contributed by atoms with Crippen LogP contribution in [-0.4, -0.2) is 16.5 Å². The molecule has 0 aliphatic heterocycles. The van der Waals surface area contributed by atoms with E-state index in [0.29, 0.717) is 40.1 Å². The van der Waals surface area contributed by atoms with Crippen LogP contribution in [0.5, 0.6) is 5.75 Å². The molecule has 0 saturated heterocycles. The van der Waals surface area contributed by atoms with E-state index >= 15 is 0 Å². The van der Waals surface area contributed by atoms with E-state index in [1.165, 1.54) is 30.3 Å². The number of nitro benzene ring substituents is 1. The third kappa shape index (κ3) is 4.23. The monoisotopic (exact) mass is 424 g/mol. The van der Waals surface area contributed by atoms with E-state index in [1.54, 1.807) is 24.3 Å². The van der Waals surface area contributed by atoms with Gasteiger partial charge in [-0.2, -0.15) is 0 Å². The molecule has 0 unspecified atom stereocenters. The Labute approximate surface area is 176 Å². The summed E-state index contributed by atoms with van der Waals surface area (Å²) in [7, 11) is 0. The summed E-state index contributed by atoms with van der Waals surface area (Å²) in [4.78, 5) is 14.7. The van der Waals surface area contributed by atoms with E-state index in [-0.39, 0.29) is 18.0 Å². The third-order valence-corrected chi connectivity index (χ3v) is 4.79. The number of aromatic nitrogens is 1. The molecule has 4 rings (SSSR count). The molecule has 0 aliphatic carbocycles. The van der Waals surface area contributed by atoms with Crippen LogP contribution >= 0.6 is 0 Å². The van der Waals surface area contributed by atoms with Crippen molar-refractivity contribution in [3.8, 4) is 28.3 Å². The molecule has 0 spiro atoms. The number of unbranched alkanes of at least 4 members (excludes halogenated alkanes) is 1. The highest BCUT2D eigenvalue weighted by Crippen LogP contribution is 2.32. The first-order chi connectivity index (χ1) is 15.0. The van der Waals surface area contributed by atoms with Gasteiger partial charge in [0, 0.05) is 17.7 Å². The van der Waals surface area contributed by atoms with Crippen LogP contribution in [0.4, 0.5) is 14.5 Å². The van der Waals surface area contributed by atoms with Crippen LogP contribution in [0.1, 0.15) is 19.8 Å². The number of fused-ring (bicyclic) bond motifs is 1. The van der Waals surface area contributed by atoms with Crippen molar-refractivity contribution in [3.63, 3.8) is 0 Å². The highest BCUT2D eigenvalue weighted by molar-refractivity contribution is 5.79. The number of ether oxygens (including phenoxy) is 1. The Balaban J connectivity index is 1.60. The summed E-state index contributed by atoms with van der Waals surface area (Å²) in [5, 5.41) is 10.9. The Hall–Kier alpha value is -3.81. The molecular formula is C23H18F2N2O4. The van der Waals surface area contributed by atoms with Crippen molar-refractivity contribution in [1.29, 1.82) is 0 Å². The second kappa shape index (κ2) is 8.51. The molecule has 0 amide bonds. The van der Waals surface area contributed by atoms with Crippen molar-refractivity contribution in [1.82, 2.24) is 4.98 Å². The summed E-state index contributed by atoms with van der Waals surface area (Å²) in [6.07, 6.45) is 1.58. The minimum atomic E-state index is -0.754. The molecule has 1 aromatic heterocycles. The lowest BCUT2D eigenvalue weighted by Crippen LogP contribution is -2.01. The number of nitrogens with zero attached hydrogens (tertiary/aromatic N) is 2. The number of rotatable bonds is 7. The average Bonchev–Trinajstić information content (AvgIpc) is 3.19. The number of hydrogen-bond acceptors (Lipinski definition) is 5. The largest absolute Gasteiger partial charge is 0.488 e. The van der Waals surface area contributed by atoms with Gasteiger partial charge in [-0.25, -0.2) is 13.8 Å². The molecule has 31 heavy (non-hydrogen) atoms. The summed E-state index contributed by atoms with van der Waals surface area (Å²) in [5.74, 6) is -1.58. The number of hydrogen-bond donors (Lipinski definition) is 0. The van der Waals surface area contributed by atoms with Crippen LogP contribution < -0.4 is 4.74 Å². The molecule has 0 radical (unpaired) electrons. The molecule has 0 atom stereocenters. The van der Waals surface area contributed by atoms with Gasteiger partial charge < -0.3 is 9.15 Å². The summed E-state index contributed by atoms with van der Waals surface area (Å²) in [6, 6.07) is 13.4. The van der Waals surface area contributed by atoms with Crippen LogP contribution in [0.15, 0.2) is 59.0 Å². The number of nitro groups is 1. The first kappa shape index (κ1) is 20.5. The Morgan fingerprint density at radius 1 is 1.00 bits per heavy atom. The van der Waals surface area contributed by atoms with Gasteiger partial charge in [-0.15, -0.1) is 0 Å². The zero-order valence-electron chi connectivity index (χ0n) is 16.6. The molecule has 1 heterocycles. The van der Waals surface area contributed by atoms with Crippen molar-refractivity contribution in [2.24, 2.45) is 0 Å². The lowest BCUT2D eigenvalue weighted by Gasteiger charge is -2.10. The molecule has 0 N–H and O–H groups in total. The topological polar surface area (TPSA) is 78.4 Å². The van der Waals surface area contributed by atoms with Crippen LogP contribution in [0.3, 0.4) is 0 Å². The van der Waals surface area contributed by atoms with E-state index in [1.807, 2.05) is 6.92 Å². The number of benzene rings is 3. The second-order valence-electron chi connectivity index (χ2n) is 6.98. The van der Waals surface area contributed by atoms with Gasteiger partial charge in [0.15, 0.2) is 23.0 Å². The van der Waals surface area contributed by atoms with Crippen molar-refractivity contribution < 1.29 is 22.9 Å². The summed E-state index contributed by atoms with van der Waals surface area (Å²) in [5.41, 5.74) is 2.33. The summed E-state index contributed by atoms with van der Waals surface area (Å²) in [6.45, 7) is 2.22. The zero-order valence-corrected chi connectivity index (χ0v) is 16.6. The van der Waals surface area contributed by atoms with Gasteiger partial charge in [0.25, 0.3) is 5.69 Å². The smallest absolute Gasteiger partial charge is 0.271 e. The number of oxazole rings is 1. The van der Waals surface area contributed by atoms with Gasteiger partial charge in [0.1, 0.15) is 5.52 Å². The fourth-order valence-electron chi connectivity index (χ4n) is 3.14. The second-order valence-corrected chi connectivity index (χ2v) is 6.98. The molecule has 6 nitrogen and oxygen atoms in total. The highest BCUT2D eigenvalue weighted by Gasteiger charge is 2.15. The highest BCUT2D eigenvalue weighted by atomic mass is 19.1. The molecule has 0 saturated carbocycles. The Kier molecular flexibility index (Phi) is 5.62. The van der Waals surface area contributed by atoms with Crippen molar-refractivity contribution in [2.45, 2.75) is 19.8 Å². The molecule has 158 valence electrons. The predicted molar refractivity (Wildman–Crippen MR) is 112 cm³/mol. The molecule has 4 aromatic rings. The van der Waals surface area contributed by atoms with E-state index in [2.05, 4.69) is 4.98 Å². The van der Waals surface area contributed by atoms with Gasteiger partial charge in [0.05, 0.1) is 11.5 Å². The number of halogens is 2. The van der Waals surface area contributed by atoms with Crippen LogP contribution in [0.25, 0.3) is 33.7 Å². The van der Waals surface area contributed by atoms with Crippen molar-refractivity contribution >= 4 is 16.8 Å². The maximum atomic E-state index is 14.3. The quantitative estimate of drug-likeness (QED) is 0.192. The van der Waals surface area contributed by atoms with Crippen LogP contribution in [-0.2, 0) is 0 Å². The average molecular weight is 424 g/mol. The first-order valence-electron chi connectivity index (χ1n) is 9.74. The van der Waals surface area contributed by atoms with Gasteiger partial charge in [-0.05, 0) is 47.9 Å². The van der Waals surface area contributed by atoms with E-state index in [4.69, 9.17) is 9.15 Å². The SMILES string of the molecule is CCCCOc1c(F)cc(-c2ccc(-c3nc4cc([N+](=O)[O-])ccc4o3)cc2)cc1F. The van der Waals surface area contributed by atoms with Gasteiger partial charge in [-0.3, -0.25) is 10.1 Å². The maximum absolute atomic E-state index is 14.3. The van der Waals surface area contributed by atoms with Gasteiger partial charge in [0.2, 0.25) is 5.89 Å². The van der Waals surface area contributed by atoms with Gasteiger partial charge in [-0.1, -0.05) is 25.5 Å². The lowest BCUT2D eigenvalue weighted by molar-refractivity contribution is -0.384. The summed E-state index contributed by atoms with van der Waals surface area (Å²) >= 11 is 0. The molecule has 8 heteroatoms.